The van der Waals surface area contributed by atoms with E-state index in [-0.39, 0.29) is 6.29 Å². The first kappa shape index (κ1) is 7.22. The molecule has 2 nitrogen and oxygen atoms in total. The zero-order valence-corrected chi connectivity index (χ0v) is 6.69. The van der Waals surface area contributed by atoms with E-state index < -0.39 is 0 Å². The SMILES string of the molecule is C=CCC1Oc2ccccc2O1. The largest absolute Gasteiger partial charge is 0.451 e. The third-order valence-corrected chi connectivity index (χ3v) is 1.73. The maximum atomic E-state index is 5.45. The van der Waals surface area contributed by atoms with Crippen LogP contribution < -0.4 is 9.47 Å². The standard InChI is InChI=1S/C10H10O2/c1-2-5-10-11-8-6-3-4-7-9(8)12-10/h2-4,6-7,10H,1,5H2. The van der Waals surface area contributed by atoms with Gasteiger partial charge in [0, 0.05) is 6.42 Å². The molecule has 1 aromatic rings. The number of hydrogen-bond donors (Lipinski definition) is 0. The maximum absolute atomic E-state index is 5.45. The van der Waals surface area contributed by atoms with E-state index in [0.29, 0.717) is 6.42 Å². The van der Waals surface area contributed by atoms with Crippen molar-refractivity contribution in [3.8, 4) is 11.5 Å². The third-order valence-electron chi connectivity index (χ3n) is 1.73. The summed E-state index contributed by atoms with van der Waals surface area (Å²) in [5.74, 6) is 1.65. The van der Waals surface area contributed by atoms with Crippen molar-refractivity contribution >= 4 is 0 Å². The van der Waals surface area contributed by atoms with E-state index in [1.54, 1.807) is 6.08 Å². The molecule has 0 aliphatic carbocycles. The minimum Gasteiger partial charge on any atom is -0.451 e. The van der Waals surface area contributed by atoms with Crippen LogP contribution in [0.3, 0.4) is 0 Å². The minimum absolute atomic E-state index is 0.181. The first-order chi connectivity index (χ1) is 5.90. The van der Waals surface area contributed by atoms with Gasteiger partial charge in [0.1, 0.15) is 0 Å². The summed E-state index contributed by atoms with van der Waals surface area (Å²) in [4.78, 5) is 0. The molecule has 2 heteroatoms. The van der Waals surface area contributed by atoms with Crippen LogP contribution in [0.4, 0.5) is 0 Å². The van der Waals surface area contributed by atoms with Crippen LogP contribution in [0.1, 0.15) is 6.42 Å². The lowest BCUT2D eigenvalue weighted by molar-refractivity contribution is 0.0528. The molecule has 0 amide bonds. The summed E-state index contributed by atoms with van der Waals surface area (Å²) in [6.45, 7) is 3.63. The van der Waals surface area contributed by atoms with Crippen molar-refractivity contribution in [1.29, 1.82) is 0 Å². The highest BCUT2D eigenvalue weighted by Gasteiger charge is 2.21. The van der Waals surface area contributed by atoms with Crippen molar-refractivity contribution in [2.75, 3.05) is 0 Å². The second-order valence-electron chi connectivity index (χ2n) is 2.64. The molecule has 0 radical (unpaired) electrons. The molecule has 12 heavy (non-hydrogen) atoms. The van der Waals surface area contributed by atoms with E-state index in [2.05, 4.69) is 6.58 Å². The van der Waals surface area contributed by atoms with E-state index in [0.717, 1.165) is 11.5 Å². The Bertz CT molecular complexity index is 269. The third kappa shape index (κ3) is 1.16. The fourth-order valence-electron chi connectivity index (χ4n) is 1.18. The summed E-state index contributed by atoms with van der Waals surface area (Å²) in [5.41, 5.74) is 0. The van der Waals surface area contributed by atoms with Crippen LogP contribution in [0, 0.1) is 0 Å². The lowest BCUT2D eigenvalue weighted by Crippen LogP contribution is -2.16. The van der Waals surface area contributed by atoms with E-state index in [1.165, 1.54) is 0 Å². The zero-order chi connectivity index (χ0) is 8.39. The monoisotopic (exact) mass is 162 g/mol. The Morgan fingerprint density at radius 1 is 1.25 bits per heavy atom. The Hall–Kier alpha value is -1.44. The van der Waals surface area contributed by atoms with Crippen LogP contribution >= 0.6 is 0 Å². The van der Waals surface area contributed by atoms with E-state index in [4.69, 9.17) is 9.47 Å². The number of para-hydroxylation sites is 2. The van der Waals surface area contributed by atoms with Crippen LogP contribution in [0.5, 0.6) is 11.5 Å². The average molecular weight is 162 g/mol. The number of ether oxygens (including phenoxy) is 2. The van der Waals surface area contributed by atoms with Crippen molar-refractivity contribution < 1.29 is 9.47 Å². The number of fused-ring (bicyclic) bond motifs is 1. The van der Waals surface area contributed by atoms with Crippen LogP contribution in [0.15, 0.2) is 36.9 Å². The van der Waals surface area contributed by atoms with Gasteiger partial charge < -0.3 is 9.47 Å². The van der Waals surface area contributed by atoms with Gasteiger partial charge in [-0.15, -0.1) is 6.58 Å². The zero-order valence-electron chi connectivity index (χ0n) is 6.69. The number of benzene rings is 1. The Kier molecular flexibility index (Phi) is 1.74. The fourth-order valence-corrected chi connectivity index (χ4v) is 1.18. The highest BCUT2D eigenvalue weighted by atomic mass is 16.7. The molecule has 0 spiro atoms. The van der Waals surface area contributed by atoms with Gasteiger partial charge in [0.2, 0.25) is 6.29 Å². The molecule has 1 heterocycles. The van der Waals surface area contributed by atoms with Crippen molar-refractivity contribution in [2.24, 2.45) is 0 Å². The van der Waals surface area contributed by atoms with Gasteiger partial charge in [0.05, 0.1) is 0 Å². The van der Waals surface area contributed by atoms with Gasteiger partial charge in [-0.1, -0.05) is 18.2 Å². The van der Waals surface area contributed by atoms with Gasteiger partial charge in [-0.2, -0.15) is 0 Å². The van der Waals surface area contributed by atoms with Crippen molar-refractivity contribution in [3.05, 3.63) is 36.9 Å². The lowest BCUT2D eigenvalue weighted by atomic mass is 10.3. The Labute approximate surface area is 71.4 Å². The van der Waals surface area contributed by atoms with E-state index in [9.17, 15) is 0 Å². The summed E-state index contributed by atoms with van der Waals surface area (Å²) in [6.07, 6.45) is 2.32. The van der Waals surface area contributed by atoms with Gasteiger partial charge in [-0.3, -0.25) is 0 Å². The second-order valence-corrected chi connectivity index (χ2v) is 2.64. The number of rotatable bonds is 2. The molecule has 0 N–H and O–H groups in total. The topological polar surface area (TPSA) is 18.5 Å². The summed E-state index contributed by atoms with van der Waals surface area (Å²) in [7, 11) is 0. The van der Waals surface area contributed by atoms with Gasteiger partial charge in [0.15, 0.2) is 11.5 Å². The first-order valence-corrected chi connectivity index (χ1v) is 3.93. The van der Waals surface area contributed by atoms with Crippen LogP contribution in [0.2, 0.25) is 0 Å². The molecule has 0 unspecified atom stereocenters. The quantitative estimate of drug-likeness (QED) is 0.621. The predicted octanol–water partition coefficient (Wildman–Crippen LogP) is 2.36. The van der Waals surface area contributed by atoms with E-state index in [1.807, 2.05) is 24.3 Å². The van der Waals surface area contributed by atoms with Gasteiger partial charge in [0.25, 0.3) is 0 Å². The Morgan fingerprint density at radius 2 is 1.83 bits per heavy atom. The summed E-state index contributed by atoms with van der Waals surface area (Å²) in [6, 6.07) is 7.66. The fraction of sp³-hybridized carbons (Fsp3) is 0.200. The van der Waals surface area contributed by atoms with Crippen molar-refractivity contribution in [3.63, 3.8) is 0 Å². The minimum atomic E-state index is -0.181. The molecule has 0 fully saturated rings. The van der Waals surface area contributed by atoms with Crippen molar-refractivity contribution in [1.82, 2.24) is 0 Å². The van der Waals surface area contributed by atoms with Gasteiger partial charge >= 0.3 is 0 Å². The van der Waals surface area contributed by atoms with Gasteiger partial charge in [-0.05, 0) is 12.1 Å². The maximum Gasteiger partial charge on any atom is 0.244 e. The molecule has 0 saturated carbocycles. The Balaban J connectivity index is 2.16. The average Bonchev–Trinajstić information content (AvgIpc) is 2.47. The van der Waals surface area contributed by atoms with Gasteiger partial charge in [-0.25, -0.2) is 0 Å². The summed E-state index contributed by atoms with van der Waals surface area (Å²) >= 11 is 0. The summed E-state index contributed by atoms with van der Waals surface area (Å²) < 4.78 is 10.9. The van der Waals surface area contributed by atoms with Crippen LogP contribution in [0.25, 0.3) is 0 Å². The molecule has 1 aliphatic heterocycles. The number of hydrogen-bond acceptors (Lipinski definition) is 2. The summed E-state index contributed by atoms with van der Waals surface area (Å²) in [5, 5.41) is 0. The molecule has 0 aromatic heterocycles. The molecule has 62 valence electrons. The first-order valence-electron chi connectivity index (χ1n) is 3.93. The van der Waals surface area contributed by atoms with Crippen molar-refractivity contribution in [2.45, 2.75) is 12.7 Å². The lowest BCUT2D eigenvalue weighted by Gasteiger charge is -2.05. The highest BCUT2D eigenvalue weighted by molar-refractivity contribution is 5.41. The predicted molar refractivity (Wildman–Crippen MR) is 46.3 cm³/mol. The molecule has 1 aromatic carbocycles. The molecular weight excluding hydrogens is 152 g/mol. The molecule has 1 aliphatic rings. The molecule has 2 rings (SSSR count). The highest BCUT2D eigenvalue weighted by Crippen LogP contribution is 2.34. The molecular formula is C10H10O2. The second kappa shape index (κ2) is 2.89. The Morgan fingerprint density at radius 3 is 2.33 bits per heavy atom. The van der Waals surface area contributed by atoms with Crippen LogP contribution in [-0.4, -0.2) is 6.29 Å². The van der Waals surface area contributed by atoms with E-state index >= 15 is 0 Å². The smallest absolute Gasteiger partial charge is 0.244 e. The molecule has 0 saturated heterocycles. The normalized spacial score (nSPS) is 14.7. The molecule has 0 bridgehead atoms. The van der Waals surface area contributed by atoms with Crippen LogP contribution in [-0.2, 0) is 0 Å². The molecule has 0 atom stereocenters.